The highest BCUT2D eigenvalue weighted by atomic mass is 16.2. The van der Waals surface area contributed by atoms with Gasteiger partial charge in [0.1, 0.15) is 0 Å². The van der Waals surface area contributed by atoms with Crippen LogP contribution < -0.4 is 5.32 Å². The molecule has 1 atom stereocenters. The van der Waals surface area contributed by atoms with E-state index in [-0.39, 0.29) is 5.91 Å². The summed E-state index contributed by atoms with van der Waals surface area (Å²) in [5.41, 5.74) is 2.57. The highest BCUT2D eigenvalue weighted by molar-refractivity contribution is 5.99. The van der Waals surface area contributed by atoms with Gasteiger partial charge in [-0.1, -0.05) is 62.4 Å². The Balaban J connectivity index is 2.26. The molecule has 1 unspecified atom stereocenters. The van der Waals surface area contributed by atoms with Gasteiger partial charge in [0, 0.05) is 5.69 Å². The minimum absolute atomic E-state index is 0.0226. The van der Waals surface area contributed by atoms with E-state index in [1.807, 2.05) is 62.4 Å². The SMILES string of the molecule is CCC(C)c1ccccc1NC(=O)C(C)(C)c1ccccc1. The Hall–Kier alpha value is -2.09. The molecule has 116 valence electrons. The fraction of sp³-hybridized carbons (Fsp3) is 0.350. The Labute approximate surface area is 133 Å². The van der Waals surface area contributed by atoms with Crippen molar-refractivity contribution in [2.75, 3.05) is 5.32 Å². The summed E-state index contributed by atoms with van der Waals surface area (Å²) in [6.07, 6.45) is 1.05. The summed E-state index contributed by atoms with van der Waals surface area (Å²) in [7, 11) is 0. The van der Waals surface area contributed by atoms with E-state index in [2.05, 4.69) is 25.2 Å². The van der Waals surface area contributed by atoms with Crippen LogP contribution in [0.4, 0.5) is 5.69 Å². The van der Waals surface area contributed by atoms with E-state index in [4.69, 9.17) is 0 Å². The molecule has 0 fully saturated rings. The van der Waals surface area contributed by atoms with E-state index in [0.29, 0.717) is 5.92 Å². The smallest absolute Gasteiger partial charge is 0.234 e. The van der Waals surface area contributed by atoms with Crippen molar-refractivity contribution in [1.29, 1.82) is 0 Å². The Morgan fingerprint density at radius 1 is 1.05 bits per heavy atom. The third kappa shape index (κ3) is 3.38. The molecule has 0 aliphatic rings. The number of carbonyl (C=O) groups is 1. The summed E-state index contributed by atoms with van der Waals surface area (Å²) in [5.74, 6) is 0.450. The molecule has 0 saturated carbocycles. The van der Waals surface area contributed by atoms with E-state index >= 15 is 0 Å². The summed E-state index contributed by atoms with van der Waals surface area (Å²) in [6, 6.07) is 18.0. The molecular formula is C20H25NO. The molecule has 2 aromatic rings. The van der Waals surface area contributed by atoms with Crippen LogP contribution in [0.3, 0.4) is 0 Å². The molecule has 0 aromatic heterocycles. The third-order valence-corrected chi connectivity index (χ3v) is 4.42. The number of anilines is 1. The lowest BCUT2D eigenvalue weighted by atomic mass is 9.83. The van der Waals surface area contributed by atoms with Crippen molar-refractivity contribution in [1.82, 2.24) is 0 Å². The second kappa shape index (κ2) is 6.78. The van der Waals surface area contributed by atoms with Crippen LogP contribution in [0.1, 0.15) is 51.2 Å². The zero-order valence-corrected chi connectivity index (χ0v) is 13.9. The number of nitrogens with one attached hydrogen (secondary N) is 1. The zero-order valence-electron chi connectivity index (χ0n) is 13.9. The summed E-state index contributed by atoms with van der Waals surface area (Å²) in [5, 5.41) is 3.13. The van der Waals surface area contributed by atoms with Crippen LogP contribution in [0.2, 0.25) is 0 Å². The topological polar surface area (TPSA) is 29.1 Å². The molecule has 0 saturated heterocycles. The molecule has 0 heterocycles. The molecule has 1 N–H and O–H groups in total. The number of para-hydroxylation sites is 1. The Morgan fingerprint density at radius 3 is 2.27 bits per heavy atom. The van der Waals surface area contributed by atoms with Crippen LogP contribution in [-0.2, 0) is 10.2 Å². The van der Waals surface area contributed by atoms with Gasteiger partial charge in [-0.05, 0) is 43.4 Å². The number of amides is 1. The minimum Gasteiger partial charge on any atom is -0.325 e. The molecule has 0 aliphatic heterocycles. The van der Waals surface area contributed by atoms with Crippen LogP contribution in [0.5, 0.6) is 0 Å². The van der Waals surface area contributed by atoms with Crippen LogP contribution >= 0.6 is 0 Å². The molecule has 2 rings (SSSR count). The molecule has 2 aromatic carbocycles. The number of benzene rings is 2. The van der Waals surface area contributed by atoms with Gasteiger partial charge in [-0.2, -0.15) is 0 Å². The predicted molar refractivity (Wildman–Crippen MR) is 93.2 cm³/mol. The summed E-state index contributed by atoms with van der Waals surface area (Å²) in [6.45, 7) is 8.28. The van der Waals surface area contributed by atoms with Crippen molar-refractivity contribution in [2.24, 2.45) is 0 Å². The van der Waals surface area contributed by atoms with E-state index in [0.717, 1.165) is 17.7 Å². The lowest BCUT2D eigenvalue weighted by Crippen LogP contribution is -2.35. The molecular weight excluding hydrogens is 270 g/mol. The Morgan fingerprint density at radius 2 is 1.64 bits per heavy atom. The molecule has 0 aliphatic carbocycles. The van der Waals surface area contributed by atoms with Gasteiger partial charge in [0.2, 0.25) is 5.91 Å². The Bertz CT molecular complexity index is 631. The maximum atomic E-state index is 12.8. The summed E-state index contributed by atoms with van der Waals surface area (Å²) < 4.78 is 0. The highest BCUT2D eigenvalue weighted by Crippen LogP contribution is 2.29. The normalized spacial score (nSPS) is 12.7. The average Bonchev–Trinajstić information content (AvgIpc) is 2.55. The fourth-order valence-electron chi connectivity index (χ4n) is 2.52. The van der Waals surface area contributed by atoms with Gasteiger partial charge < -0.3 is 5.32 Å². The zero-order chi connectivity index (χ0) is 16.2. The highest BCUT2D eigenvalue weighted by Gasteiger charge is 2.30. The maximum absolute atomic E-state index is 12.8. The minimum atomic E-state index is -0.566. The van der Waals surface area contributed by atoms with Gasteiger partial charge in [-0.15, -0.1) is 0 Å². The van der Waals surface area contributed by atoms with Gasteiger partial charge in [-0.25, -0.2) is 0 Å². The standard InChI is InChI=1S/C20H25NO/c1-5-15(2)17-13-9-10-14-18(17)21-19(22)20(3,4)16-11-7-6-8-12-16/h6-15H,5H2,1-4H3,(H,21,22). The number of carbonyl (C=O) groups excluding carboxylic acids is 1. The van der Waals surface area contributed by atoms with Crippen molar-refractivity contribution in [3.63, 3.8) is 0 Å². The van der Waals surface area contributed by atoms with E-state index in [1.54, 1.807) is 0 Å². The number of rotatable bonds is 5. The van der Waals surface area contributed by atoms with Crippen LogP contribution in [0.15, 0.2) is 54.6 Å². The molecule has 0 bridgehead atoms. The largest absolute Gasteiger partial charge is 0.325 e. The third-order valence-electron chi connectivity index (χ3n) is 4.42. The lowest BCUT2D eigenvalue weighted by molar-refractivity contribution is -0.120. The monoisotopic (exact) mass is 295 g/mol. The number of hydrogen-bond acceptors (Lipinski definition) is 1. The first-order valence-electron chi connectivity index (χ1n) is 7.92. The van der Waals surface area contributed by atoms with Crippen molar-refractivity contribution in [2.45, 2.75) is 45.4 Å². The predicted octanol–water partition coefficient (Wildman–Crippen LogP) is 5.12. The molecule has 0 spiro atoms. The van der Waals surface area contributed by atoms with Gasteiger partial charge in [-0.3, -0.25) is 4.79 Å². The van der Waals surface area contributed by atoms with Crippen LogP contribution in [0, 0.1) is 0 Å². The molecule has 0 radical (unpaired) electrons. The van der Waals surface area contributed by atoms with E-state index < -0.39 is 5.41 Å². The van der Waals surface area contributed by atoms with Crippen molar-refractivity contribution in [3.8, 4) is 0 Å². The molecule has 2 nitrogen and oxygen atoms in total. The van der Waals surface area contributed by atoms with Crippen molar-refractivity contribution < 1.29 is 4.79 Å². The number of hydrogen-bond donors (Lipinski definition) is 1. The van der Waals surface area contributed by atoms with Gasteiger partial charge in [0.15, 0.2) is 0 Å². The fourth-order valence-corrected chi connectivity index (χ4v) is 2.52. The Kier molecular flexibility index (Phi) is 5.02. The summed E-state index contributed by atoms with van der Waals surface area (Å²) in [4.78, 5) is 12.8. The van der Waals surface area contributed by atoms with Gasteiger partial charge in [0.25, 0.3) is 0 Å². The van der Waals surface area contributed by atoms with Crippen molar-refractivity contribution >= 4 is 11.6 Å². The van der Waals surface area contributed by atoms with E-state index in [9.17, 15) is 4.79 Å². The van der Waals surface area contributed by atoms with Crippen LogP contribution in [-0.4, -0.2) is 5.91 Å². The van der Waals surface area contributed by atoms with Crippen LogP contribution in [0.25, 0.3) is 0 Å². The molecule has 2 heteroatoms. The lowest BCUT2D eigenvalue weighted by Gasteiger charge is -2.25. The van der Waals surface area contributed by atoms with E-state index in [1.165, 1.54) is 5.56 Å². The first-order chi connectivity index (χ1) is 10.5. The average molecular weight is 295 g/mol. The first-order valence-corrected chi connectivity index (χ1v) is 7.92. The van der Waals surface area contributed by atoms with Crippen molar-refractivity contribution in [3.05, 3.63) is 65.7 Å². The second-order valence-electron chi connectivity index (χ2n) is 6.34. The van der Waals surface area contributed by atoms with Gasteiger partial charge >= 0.3 is 0 Å². The first kappa shape index (κ1) is 16.3. The van der Waals surface area contributed by atoms with Gasteiger partial charge in [0.05, 0.1) is 5.41 Å². The second-order valence-corrected chi connectivity index (χ2v) is 6.34. The molecule has 22 heavy (non-hydrogen) atoms. The summed E-state index contributed by atoms with van der Waals surface area (Å²) >= 11 is 0. The quantitative estimate of drug-likeness (QED) is 0.815. The molecule has 1 amide bonds. The maximum Gasteiger partial charge on any atom is 0.234 e.